The molecule has 2 N–H and O–H groups in total. The molecule has 8 rings (SSSR count). The average molecular weight is 796 g/mol. The van der Waals surface area contributed by atoms with Crippen LogP contribution in [-0.2, 0) is 15.8 Å². The number of methoxy groups -OCH3 is 1. The van der Waals surface area contributed by atoms with Crippen molar-refractivity contribution in [2.45, 2.75) is 55.4 Å². The van der Waals surface area contributed by atoms with Crippen LogP contribution in [0.2, 0.25) is 0 Å². The SMILES string of the molecule is COc1cc(C(=O)NCC(O)(c2cc(C3(C)CCN(C(=O)OCC4c5ccccc5-c5ccccc54)C3)cc(-c3ccc(F)cc3)n2)C(F)(F)F)ccc1OC1CC1. The molecular weight excluding hydrogens is 755 g/mol. The molecule has 1 aliphatic heterocycles. The number of nitrogens with zero attached hydrogens (tertiary/aromatic N) is 2. The maximum atomic E-state index is 15.1. The summed E-state index contributed by atoms with van der Waals surface area (Å²) in [4.78, 5) is 32.7. The molecule has 2 atom stereocenters. The Bertz CT molecular complexity index is 2320. The Kier molecular flexibility index (Phi) is 10.1. The van der Waals surface area contributed by atoms with Gasteiger partial charge in [0.25, 0.3) is 5.91 Å². The minimum absolute atomic E-state index is 0.00924. The number of hydrogen-bond donors (Lipinski definition) is 2. The fraction of sp³-hybridized carbons (Fsp3) is 0.311. The summed E-state index contributed by atoms with van der Waals surface area (Å²) >= 11 is 0. The van der Waals surface area contributed by atoms with Gasteiger partial charge >= 0.3 is 12.3 Å². The molecule has 4 aromatic carbocycles. The Hall–Kier alpha value is -5.95. The van der Waals surface area contributed by atoms with E-state index in [0.717, 1.165) is 47.2 Å². The first kappa shape index (κ1) is 38.9. The van der Waals surface area contributed by atoms with Gasteiger partial charge < -0.3 is 29.5 Å². The third-order valence-electron chi connectivity index (χ3n) is 11.4. The summed E-state index contributed by atoms with van der Waals surface area (Å²) in [6.45, 7) is 0.989. The minimum Gasteiger partial charge on any atom is -0.493 e. The number of nitrogens with one attached hydrogen (secondary N) is 1. The molecule has 5 aromatic rings. The smallest absolute Gasteiger partial charge is 0.424 e. The molecule has 9 nitrogen and oxygen atoms in total. The number of benzene rings is 4. The van der Waals surface area contributed by atoms with Crippen molar-refractivity contribution >= 4 is 12.0 Å². The van der Waals surface area contributed by atoms with Crippen LogP contribution < -0.4 is 14.8 Å². The molecule has 0 radical (unpaired) electrons. The van der Waals surface area contributed by atoms with E-state index in [1.807, 2.05) is 55.5 Å². The standard InChI is InChI=1S/C45H41F4N3O6/c1-43(19-20-52(26-43)42(54)57-24-36-34-9-5-3-7-32(34)33-8-4-6-10-35(33)36)29-22-37(27-11-14-30(46)15-12-27)51-40(23-29)44(55,45(47,48)49)25-50-41(53)28-13-18-38(39(21-28)56-2)58-31-16-17-31/h3-15,18,21-23,31,36,55H,16-17,19-20,24-26H2,1-2H3,(H,50,53). The molecule has 1 saturated carbocycles. The van der Waals surface area contributed by atoms with Crippen molar-refractivity contribution in [2.75, 3.05) is 33.4 Å². The van der Waals surface area contributed by atoms with E-state index in [9.17, 15) is 19.1 Å². The lowest BCUT2D eigenvalue weighted by Gasteiger charge is -2.33. The topological polar surface area (TPSA) is 110 Å². The first-order valence-electron chi connectivity index (χ1n) is 19.1. The van der Waals surface area contributed by atoms with Crippen LogP contribution in [0.15, 0.2) is 103 Å². The number of likely N-dealkylation sites (tertiary alicyclic amines) is 1. The van der Waals surface area contributed by atoms with Crippen molar-refractivity contribution in [2.24, 2.45) is 0 Å². The van der Waals surface area contributed by atoms with Crippen LogP contribution in [0.4, 0.5) is 22.4 Å². The van der Waals surface area contributed by atoms with Gasteiger partial charge in [0.2, 0.25) is 5.60 Å². The number of aromatic nitrogens is 1. The minimum atomic E-state index is -5.31. The number of carbonyl (C=O) groups excluding carboxylic acids is 2. The Balaban J connectivity index is 1.05. The molecule has 3 aliphatic rings. The van der Waals surface area contributed by atoms with Gasteiger partial charge in [-0.25, -0.2) is 14.2 Å². The van der Waals surface area contributed by atoms with Crippen LogP contribution in [0.5, 0.6) is 11.5 Å². The Morgan fingerprint density at radius 3 is 2.22 bits per heavy atom. The third-order valence-corrected chi connectivity index (χ3v) is 11.4. The molecule has 0 bridgehead atoms. The van der Waals surface area contributed by atoms with Crippen LogP contribution in [0.25, 0.3) is 22.4 Å². The van der Waals surface area contributed by atoms with Gasteiger partial charge in [-0.1, -0.05) is 55.5 Å². The van der Waals surface area contributed by atoms with Gasteiger partial charge in [0.05, 0.1) is 31.1 Å². The van der Waals surface area contributed by atoms with E-state index in [0.29, 0.717) is 23.3 Å². The quantitative estimate of drug-likeness (QED) is 0.129. The lowest BCUT2D eigenvalue weighted by atomic mass is 9.80. The highest BCUT2D eigenvalue weighted by molar-refractivity contribution is 5.95. The molecule has 13 heteroatoms. The zero-order valence-corrected chi connectivity index (χ0v) is 31.8. The summed E-state index contributed by atoms with van der Waals surface area (Å²) in [6.07, 6.45) is -3.70. The summed E-state index contributed by atoms with van der Waals surface area (Å²) in [5, 5.41) is 13.8. The zero-order valence-electron chi connectivity index (χ0n) is 31.8. The van der Waals surface area contributed by atoms with Crippen LogP contribution >= 0.6 is 0 Å². The highest BCUT2D eigenvalue weighted by Gasteiger charge is 2.57. The summed E-state index contributed by atoms with van der Waals surface area (Å²) < 4.78 is 76.3. The number of halogens is 4. The number of fused-ring (bicyclic) bond motifs is 3. The Morgan fingerprint density at radius 2 is 1.59 bits per heavy atom. The number of rotatable bonds is 11. The summed E-state index contributed by atoms with van der Waals surface area (Å²) in [5.41, 5.74) is -0.358. The first-order valence-corrected chi connectivity index (χ1v) is 19.1. The Morgan fingerprint density at radius 1 is 0.914 bits per heavy atom. The van der Waals surface area contributed by atoms with E-state index in [1.54, 1.807) is 6.07 Å². The van der Waals surface area contributed by atoms with Crippen molar-refractivity contribution < 1.29 is 46.5 Å². The second-order valence-electron chi connectivity index (χ2n) is 15.4. The van der Waals surface area contributed by atoms with E-state index in [2.05, 4.69) is 10.3 Å². The second kappa shape index (κ2) is 15.1. The Labute approximate surface area is 332 Å². The highest BCUT2D eigenvalue weighted by Crippen LogP contribution is 2.46. The van der Waals surface area contributed by atoms with E-state index in [-0.39, 0.29) is 48.7 Å². The van der Waals surface area contributed by atoms with Gasteiger partial charge in [0.15, 0.2) is 11.5 Å². The predicted octanol–water partition coefficient (Wildman–Crippen LogP) is 8.53. The normalized spacial score (nSPS) is 18.6. The maximum absolute atomic E-state index is 15.1. The van der Waals surface area contributed by atoms with E-state index in [4.69, 9.17) is 14.2 Å². The molecule has 0 spiro atoms. The number of ether oxygens (including phenoxy) is 3. The van der Waals surface area contributed by atoms with Gasteiger partial charge in [-0.15, -0.1) is 0 Å². The summed E-state index contributed by atoms with van der Waals surface area (Å²) in [7, 11) is 1.39. The molecule has 2 amide bonds. The number of aliphatic hydroxyl groups is 1. The van der Waals surface area contributed by atoms with Crippen molar-refractivity contribution in [3.8, 4) is 33.9 Å². The third kappa shape index (κ3) is 7.46. The predicted molar refractivity (Wildman–Crippen MR) is 207 cm³/mol. The van der Waals surface area contributed by atoms with Crippen molar-refractivity contribution in [3.05, 3.63) is 137 Å². The number of pyridine rings is 1. The fourth-order valence-corrected chi connectivity index (χ4v) is 7.82. The van der Waals surface area contributed by atoms with Crippen LogP contribution in [0.1, 0.15) is 64.8 Å². The van der Waals surface area contributed by atoms with Gasteiger partial charge in [-0.2, -0.15) is 13.2 Å². The van der Waals surface area contributed by atoms with Crippen LogP contribution in [-0.4, -0.2) is 72.6 Å². The monoisotopic (exact) mass is 795 g/mol. The van der Waals surface area contributed by atoms with Gasteiger partial charge in [-0.3, -0.25) is 4.79 Å². The van der Waals surface area contributed by atoms with Gasteiger partial charge in [0, 0.05) is 35.5 Å². The molecule has 1 saturated heterocycles. The molecular formula is C45H41F4N3O6. The molecule has 58 heavy (non-hydrogen) atoms. The van der Waals surface area contributed by atoms with Crippen LogP contribution in [0, 0.1) is 5.82 Å². The second-order valence-corrected chi connectivity index (χ2v) is 15.4. The molecule has 2 unspecified atom stereocenters. The lowest BCUT2D eigenvalue weighted by molar-refractivity contribution is -0.265. The molecule has 2 heterocycles. The van der Waals surface area contributed by atoms with Gasteiger partial charge in [0.1, 0.15) is 12.4 Å². The lowest BCUT2D eigenvalue weighted by Crippen LogP contribution is -2.51. The molecule has 2 fully saturated rings. The number of hydrogen-bond acceptors (Lipinski definition) is 7. The largest absolute Gasteiger partial charge is 0.493 e. The number of amides is 2. The van der Waals surface area contributed by atoms with Gasteiger partial charge in [-0.05, 0) is 102 Å². The number of alkyl halides is 3. The van der Waals surface area contributed by atoms with Crippen molar-refractivity contribution in [1.29, 1.82) is 0 Å². The zero-order chi connectivity index (χ0) is 40.8. The van der Waals surface area contributed by atoms with E-state index >= 15 is 13.2 Å². The van der Waals surface area contributed by atoms with Crippen molar-refractivity contribution in [3.63, 3.8) is 0 Å². The van der Waals surface area contributed by atoms with Crippen LogP contribution in [0.3, 0.4) is 0 Å². The molecule has 1 aromatic heterocycles. The molecule has 300 valence electrons. The average Bonchev–Trinajstić information content (AvgIpc) is 3.86. The van der Waals surface area contributed by atoms with E-state index in [1.165, 1.54) is 48.4 Å². The fourth-order valence-electron chi connectivity index (χ4n) is 7.82. The summed E-state index contributed by atoms with van der Waals surface area (Å²) in [6, 6.07) is 28.1. The maximum Gasteiger partial charge on any atom is 0.424 e. The van der Waals surface area contributed by atoms with E-state index < -0.39 is 47.2 Å². The summed E-state index contributed by atoms with van der Waals surface area (Å²) in [5.74, 6) is -0.967. The number of carbonyl (C=O) groups is 2. The molecule has 2 aliphatic carbocycles. The first-order chi connectivity index (χ1) is 27.8. The highest BCUT2D eigenvalue weighted by atomic mass is 19.4. The van der Waals surface area contributed by atoms with Crippen molar-refractivity contribution in [1.82, 2.24) is 15.2 Å².